The smallest absolute Gasteiger partial charge is 0.322 e. The molecular weight excluding hydrogens is 218 g/mol. The average molecular weight is 235 g/mol. The van der Waals surface area contributed by atoms with Crippen LogP contribution in [0.2, 0.25) is 0 Å². The van der Waals surface area contributed by atoms with Gasteiger partial charge >= 0.3 is 5.97 Å². The topological polar surface area (TPSA) is 83.5 Å². The molecule has 0 heterocycles. The molecule has 0 unspecified atom stereocenters. The van der Waals surface area contributed by atoms with Crippen LogP contribution in [0.25, 0.3) is 0 Å². The predicted octanol–water partition coefficient (Wildman–Crippen LogP) is 0.735. The Labute approximate surface area is 90.2 Å². The van der Waals surface area contributed by atoms with Crippen molar-refractivity contribution >= 4 is 16.0 Å². The molecule has 0 rings (SSSR count). The molecule has 0 aromatic carbocycles. The maximum absolute atomic E-state index is 11.4. The molecular formula is C9H17NO4S. The lowest BCUT2D eigenvalue weighted by Gasteiger charge is -2.12. The summed E-state index contributed by atoms with van der Waals surface area (Å²) in [7, 11) is -3.49. The summed E-state index contributed by atoms with van der Waals surface area (Å²) in [6.07, 6.45) is 2.73. The molecule has 2 N–H and O–H groups in total. The molecule has 5 nitrogen and oxygen atoms in total. The van der Waals surface area contributed by atoms with Crippen LogP contribution in [0.3, 0.4) is 0 Å². The molecule has 0 radical (unpaired) electrons. The molecule has 1 atom stereocenters. The SMILES string of the molecule is C=CC[C@@H](NS(=O)(=O)CCCC)C(=O)O. The van der Waals surface area contributed by atoms with Crippen LogP contribution in [0, 0.1) is 0 Å². The molecule has 0 saturated heterocycles. The predicted molar refractivity (Wildman–Crippen MR) is 58.1 cm³/mol. The second-order valence-corrected chi connectivity index (χ2v) is 5.08. The van der Waals surface area contributed by atoms with E-state index in [-0.39, 0.29) is 12.2 Å². The van der Waals surface area contributed by atoms with Gasteiger partial charge < -0.3 is 5.11 Å². The number of sulfonamides is 1. The highest BCUT2D eigenvalue weighted by atomic mass is 32.2. The fraction of sp³-hybridized carbons (Fsp3) is 0.667. The average Bonchev–Trinajstić information content (AvgIpc) is 2.14. The van der Waals surface area contributed by atoms with Gasteiger partial charge in [-0.1, -0.05) is 19.4 Å². The third-order valence-corrected chi connectivity index (χ3v) is 3.26. The minimum absolute atomic E-state index is 0.0373. The lowest BCUT2D eigenvalue weighted by atomic mass is 10.2. The van der Waals surface area contributed by atoms with E-state index in [2.05, 4.69) is 11.3 Å². The molecule has 0 aromatic rings. The molecule has 0 saturated carbocycles. The van der Waals surface area contributed by atoms with Gasteiger partial charge in [0.15, 0.2) is 0 Å². The summed E-state index contributed by atoms with van der Waals surface area (Å²) in [5.74, 6) is -1.22. The summed E-state index contributed by atoms with van der Waals surface area (Å²) in [6.45, 7) is 5.25. The molecule has 15 heavy (non-hydrogen) atoms. The molecule has 0 amide bonds. The number of aliphatic carboxylic acids is 1. The van der Waals surface area contributed by atoms with Crippen LogP contribution in [0.1, 0.15) is 26.2 Å². The van der Waals surface area contributed by atoms with Crippen molar-refractivity contribution in [2.45, 2.75) is 32.2 Å². The Morgan fingerprint density at radius 2 is 2.20 bits per heavy atom. The number of hydrogen-bond acceptors (Lipinski definition) is 3. The molecule has 0 aromatic heterocycles. The zero-order chi connectivity index (χ0) is 11.9. The van der Waals surface area contributed by atoms with Crippen LogP contribution >= 0.6 is 0 Å². The standard InChI is InChI=1S/C9H17NO4S/c1-3-5-7-15(13,14)10-8(6-4-2)9(11)12/h4,8,10H,2-3,5-7H2,1H3,(H,11,12)/t8-/m1/s1. The first-order valence-corrected chi connectivity index (χ1v) is 6.42. The lowest BCUT2D eigenvalue weighted by molar-refractivity contribution is -0.138. The molecule has 0 bridgehead atoms. The van der Waals surface area contributed by atoms with Crippen LogP contribution in [-0.2, 0) is 14.8 Å². The Morgan fingerprint density at radius 3 is 2.60 bits per heavy atom. The number of hydrogen-bond donors (Lipinski definition) is 2. The number of unbranched alkanes of at least 4 members (excludes halogenated alkanes) is 1. The Morgan fingerprint density at radius 1 is 1.60 bits per heavy atom. The van der Waals surface area contributed by atoms with Crippen molar-refractivity contribution < 1.29 is 18.3 Å². The molecule has 0 aliphatic heterocycles. The number of nitrogens with one attached hydrogen (secondary N) is 1. The molecule has 88 valence electrons. The van der Waals surface area contributed by atoms with Crippen molar-refractivity contribution in [1.29, 1.82) is 0 Å². The van der Waals surface area contributed by atoms with Gasteiger partial charge in [0, 0.05) is 0 Å². The minimum Gasteiger partial charge on any atom is -0.480 e. The van der Waals surface area contributed by atoms with Gasteiger partial charge in [0.2, 0.25) is 10.0 Å². The van der Waals surface area contributed by atoms with Gasteiger partial charge in [0.1, 0.15) is 6.04 Å². The first-order chi connectivity index (χ1) is 6.93. The number of carbonyl (C=O) groups is 1. The van der Waals surface area contributed by atoms with E-state index in [1.54, 1.807) is 0 Å². The van der Waals surface area contributed by atoms with E-state index in [1.165, 1.54) is 6.08 Å². The van der Waals surface area contributed by atoms with E-state index >= 15 is 0 Å². The second kappa shape index (κ2) is 6.58. The third kappa shape index (κ3) is 6.24. The van der Waals surface area contributed by atoms with Crippen molar-refractivity contribution in [3.8, 4) is 0 Å². The second-order valence-electron chi connectivity index (χ2n) is 3.21. The quantitative estimate of drug-likeness (QED) is 0.608. The number of carboxylic acids is 1. The highest BCUT2D eigenvalue weighted by Gasteiger charge is 2.21. The Hall–Kier alpha value is -0.880. The molecule has 0 spiro atoms. The molecule has 0 aliphatic carbocycles. The molecule has 6 heteroatoms. The van der Waals surface area contributed by atoms with Crippen molar-refractivity contribution in [2.24, 2.45) is 0 Å². The van der Waals surface area contributed by atoms with Gasteiger partial charge in [-0.05, 0) is 12.8 Å². The first-order valence-electron chi connectivity index (χ1n) is 4.76. The van der Waals surface area contributed by atoms with E-state index in [9.17, 15) is 13.2 Å². The fourth-order valence-electron chi connectivity index (χ4n) is 0.976. The van der Waals surface area contributed by atoms with Gasteiger partial charge in [-0.2, -0.15) is 0 Å². The zero-order valence-corrected chi connectivity index (χ0v) is 9.59. The summed E-state index contributed by atoms with van der Waals surface area (Å²) in [5, 5.41) is 8.72. The summed E-state index contributed by atoms with van der Waals surface area (Å²) in [4.78, 5) is 10.7. The third-order valence-electron chi connectivity index (χ3n) is 1.79. The largest absolute Gasteiger partial charge is 0.480 e. The van der Waals surface area contributed by atoms with E-state index < -0.39 is 22.0 Å². The maximum Gasteiger partial charge on any atom is 0.322 e. The van der Waals surface area contributed by atoms with Gasteiger partial charge in [-0.25, -0.2) is 13.1 Å². The minimum atomic E-state index is -3.49. The van der Waals surface area contributed by atoms with Gasteiger partial charge in [0.05, 0.1) is 5.75 Å². The van der Waals surface area contributed by atoms with Crippen LogP contribution < -0.4 is 4.72 Å². The Balaban J connectivity index is 4.38. The van der Waals surface area contributed by atoms with Crippen molar-refractivity contribution in [3.63, 3.8) is 0 Å². The summed E-state index contributed by atoms with van der Waals surface area (Å²) < 4.78 is 24.9. The van der Waals surface area contributed by atoms with Gasteiger partial charge in [0.25, 0.3) is 0 Å². The normalized spacial score (nSPS) is 13.4. The fourth-order valence-corrected chi connectivity index (χ4v) is 2.39. The maximum atomic E-state index is 11.4. The van der Waals surface area contributed by atoms with Crippen LogP contribution in [-0.4, -0.2) is 31.3 Å². The zero-order valence-electron chi connectivity index (χ0n) is 8.77. The van der Waals surface area contributed by atoms with Gasteiger partial charge in [-0.15, -0.1) is 6.58 Å². The van der Waals surface area contributed by atoms with Crippen LogP contribution in [0.15, 0.2) is 12.7 Å². The van der Waals surface area contributed by atoms with Crippen molar-refractivity contribution in [1.82, 2.24) is 4.72 Å². The summed E-state index contributed by atoms with van der Waals surface area (Å²) in [6, 6.07) is -1.11. The van der Waals surface area contributed by atoms with Crippen molar-refractivity contribution in [2.75, 3.05) is 5.75 Å². The Kier molecular flexibility index (Phi) is 6.19. The number of carboxylic acid groups (broad SMARTS) is 1. The van der Waals surface area contributed by atoms with E-state index in [4.69, 9.17) is 5.11 Å². The van der Waals surface area contributed by atoms with Crippen molar-refractivity contribution in [3.05, 3.63) is 12.7 Å². The first kappa shape index (κ1) is 14.1. The lowest BCUT2D eigenvalue weighted by Crippen LogP contribution is -2.41. The summed E-state index contributed by atoms with van der Waals surface area (Å²) in [5.41, 5.74) is 0. The molecule has 0 aliphatic rings. The molecule has 0 fully saturated rings. The van der Waals surface area contributed by atoms with Crippen LogP contribution in [0.5, 0.6) is 0 Å². The van der Waals surface area contributed by atoms with E-state index in [0.717, 1.165) is 6.42 Å². The van der Waals surface area contributed by atoms with E-state index in [0.29, 0.717) is 6.42 Å². The highest BCUT2D eigenvalue weighted by Crippen LogP contribution is 1.99. The summed E-state index contributed by atoms with van der Waals surface area (Å²) >= 11 is 0. The highest BCUT2D eigenvalue weighted by molar-refractivity contribution is 7.89. The van der Waals surface area contributed by atoms with Gasteiger partial charge in [-0.3, -0.25) is 4.79 Å². The monoisotopic (exact) mass is 235 g/mol. The number of rotatable bonds is 8. The van der Waals surface area contributed by atoms with Crippen LogP contribution in [0.4, 0.5) is 0 Å². The Bertz CT molecular complexity index is 310. The van der Waals surface area contributed by atoms with E-state index in [1.807, 2.05) is 6.92 Å².